The normalized spacial score (nSPS) is 36.5. The maximum atomic E-state index is 3.82. The molecule has 1 N–H and O–H groups in total. The predicted molar refractivity (Wildman–Crippen MR) is 88.1 cm³/mol. The van der Waals surface area contributed by atoms with Gasteiger partial charge < -0.3 is 5.32 Å². The molecule has 20 heavy (non-hydrogen) atoms. The van der Waals surface area contributed by atoms with E-state index in [-0.39, 0.29) is 0 Å². The molecule has 0 bridgehead atoms. The fourth-order valence-electron chi connectivity index (χ4n) is 4.02. The molecule has 1 heterocycles. The van der Waals surface area contributed by atoms with Gasteiger partial charge >= 0.3 is 0 Å². The lowest BCUT2D eigenvalue weighted by Gasteiger charge is -2.52. The highest BCUT2D eigenvalue weighted by atomic mass is 15.3. The van der Waals surface area contributed by atoms with Crippen molar-refractivity contribution in [2.24, 2.45) is 11.3 Å². The van der Waals surface area contributed by atoms with Crippen LogP contribution in [0, 0.1) is 11.3 Å². The molecule has 2 nitrogen and oxygen atoms in total. The molecule has 0 aromatic rings. The minimum atomic E-state index is 0.318. The first-order valence-electron chi connectivity index (χ1n) is 8.77. The zero-order valence-corrected chi connectivity index (χ0v) is 14.6. The van der Waals surface area contributed by atoms with E-state index >= 15 is 0 Å². The number of hydrogen-bond donors (Lipinski definition) is 1. The maximum Gasteiger partial charge on any atom is 0.0278 e. The second-order valence-electron chi connectivity index (χ2n) is 8.67. The van der Waals surface area contributed by atoms with Crippen molar-refractivity contribution in [2.45, 2.75) is 91.3 Å². The van der Waals surface area contributed by atoms with E-state index in [1.807, 2.05) is 0 Å². The Morgan fingerprint density at radius 2 is 1.75 bits per heavy atom. The van der Waals surface area contributed by atoms with E-state index in [0.717, 1.165) is 18.0 Å². The molecule has 2 fully saturated rings. The van der Waals surface area contributed by atoms with E-state index in [4.69, 9.17) is 0 Å². The van der Waals surface area contributed by atoms with Crippen molar-refractivity contribution in [3.8, 4) is 0 Å². The van der Waals surface area contributed by atoms with Gasteiger partial charge in [-0.15, -0.1) is 0 Å². The molecule has 1 aliphatic heterocycles. The minimum absolute atomic E-state index is 0.318. The molecule has 0 radical (unpaired) electrons. The van der Waals surface area contributed by atoms with Crippen LogP contribution < -0.4 is 5.32 Å². The summed E-state index contributed by atoms with van der Waals surface area (Å²) in [5.74, 6) is 0.749. The molecule has 2 heteroatoms. The van der Waals surface area contributed by atoms with Crippen molar-refractivity contribution in [2.75, 3.05) is 13.1 Å². The molecule has 0 aromatic carbocycles. The molecule has 2 aliphatic rings. The summed E-state index contributed by atoms with van der Waals surface area (Å²) in [4.78, 5) is 2.87. The molecule has 1 saturated heterocycles. The second kappa shape index (κ2) is 5.96. The minimum Gasteiger partial charge on any atom is -0.309 e. The van der Waals surface area contributed by atoms with Crippen LogP contribution >= 0.6 is 0 Å². The van der Waals surface area contributed by atoms with E-state index in [1.54, 1.807) is 0 Å². The van der Waals surface area contributed by atoms with Gasteiger partial charge in [0.05, 0.1) is 0 Å². The SMILES string of the molecule is CCC1(C)CN(C2CCC(C)(C)CC2)C(C(C)C)CN1. The molecule has 2 atom stereocenters. The summed E-state index contributed by atoms with van der Waals surface area (Å²) in [7, 11) is 0. The van der Waals surface area contributed by atoms with E-state index in [2.05, 4.69) is 51.8 Å². The van der Waals surface area contributed by atoms with Gasteiger partial charge in [-0.1, -0.05) is 34.6 Å². The third kappa shape index (κ3) is 3.57. The van der Waals surface area contributed by atoms with Gasteiger partial charge in [-0.25, -0.2) is 0 Å². The third-order valence-corrected chi connectivity index (χ3v) is 6.02. The molecule has 0 amide bonds. The zero-order chi connectivity index (χ0) is 15.0. The van der Waals surface area contributed by atoms with Crippen LogP contribution in [0.2, 0.25) is 0 Å². The Kier molecular flexibility index (Phi) is 4.86. The number of nitrogens with one attached hydrogen (secondary N) is 1. The van der Waals surface area contributed by atoms with Crippen LogP contribution in [0.15, 0.2) is 0 Å². The lowest BCUT2D eigenvalue weighted by Crippen LogP contribution is -2.66. The molecule has 1 saturated carbocycles. The van der Waals surface area contributed by atoms with Gasteiger partial charge in [0.15, 0.2) is 0 Å². The number of nitrogens with zero attached hydrogens (tertiary/aromatic N) is 1. The lowest BCUT2D eigenvalue weighted by molar-refractivity contribution is -0.00125. The topological polar surface area (TPSA) is 15.3 Å². The van der Waals surface area contributed by atoms with E-state index in [9.17, 15) is 0 Å². The Balaban J connectivity index is 2.08. The van der Waals surface area contributed by atoms with E-state index in [0.29, 0.717) is 11.0 Å². The Morgan fingerprint density at radius 3 is 2.25 bits per heavy atom. The number of hydrogen-bond acceptors (Lipinski definition) is 2. The van der Waals surface area contributed by atoms with Crippen molar-refractivity contribution < 1.29 is 0 Å². The highest BCUT2D eigenvalue weighted by Crippen LogP contribution is 2.39. The van der Waals surface area contributed by atoms with Crippen molar-refractivity contribution in [1.29, 1.82) is 0 Å². The smallest absolute Gasteiger partial charge is 0.0278 e. The number of piperazine rings is 1. The summed E-state index contributed by atoms with van der Waals surface area (Å²) in [6, 6.07) is 1.55. The van der Waals surface area contributed by atoms with Gasteiger partial charge in [0.2, 0.25) is 0 Å². The first-order valence-corrected chi connectivity index (χ1v) is 8.77. The van der Waals surface area contributed by atoms with Gasteiger partial charge in [-0.2, -0.15) is 0 Å². The molecule has 0 aromatic heterocycles. The van der Waals surface area contributed by atoms with Crippen molar-refractivity contribution >= 4 is 0 Å². The molecule has 1 aliphatic carbocycles. The first kappa shape index (κ1) is 16.3. The van der Waals surface area contributed by atoms with Gasteiger partial charge in [0.1, 0.15) is 0 Å². The summed E-state index contributed by atoms with van der Waals surface area (Å²) in [6.45, 7) is 16.8. The fourth-order valence-corrected chi connectivity index (χ4v) is 4.02. The molecular weight excluding hydrogens is 244 g/mol. The Hall–Kier alpha value is -0.0800. The lowest BCUT2D eigenvalue weighted by atomic mass is 9.74. The third-order valence-electron chi connectivity index (χ3n) is 6.02. The highest BCUT2D eigenvalue weighted by molar-refractivity contribution is 4.99. The summed E-state index contributed by atoms with van der Waals surface area (Å²) in [5, 5.41) is 3.82. The van der Waals surface area contributed by atoms with Crippen LogP contribution in [0.5, 0.6) is 0 Å². The molecule has 118 valence electrons. The van der Waals surface area contributed by atoms with Gasteiger partial charge in [0, 0.05) is 30.7 Å². The summed E-state index contributed by atoms with van der Waals surface area (Å²) < 4.78 is 0. The van der Waals surface area contributed by atoms with Crippen molar-refractivity contribution in [3.05, 3.63) is 0 Å². The van der Waals surface area contributed by atoms with Gasteiger partial charge in [-0.05, 0) is 50.4 Å². The fraction of sp³-hybridized carbons (Fsp3) is 1.00. The van der Waals surface area contributed by atoms with Crippen LogP contribution in [0.25, 0.3) is 0 Å². The van der Waals surface area contributed by atoms with Crippen LogP contribution in [0.3, 0.4) is 0 Å². The maximum absolute atomic E-state index is 3.82. The largest absolute Gasteiger partial charge is 0.309 e. The van der Waals surface area contributed by atoms with E-state index in [1.165, 1.54) is 45.2 Å². The van der Waals surface area contributed by atoms with E-state index < -0.39 is 0 Å². The van der Waals surface area contributed by atoms with Gasteiger partial charge in [-0.3, -0.25) is 4.90 Å². The summed E-state index contributed by atoms with van der Waals surface area (Å²) >= 11 is 0. The molecule has 0 spiro atoms. The zero-order valence-electron chi connectivity index (χ0n) is 14.6. The Bertz CT molecular complexity index is 313. The summed E-state index contributed by atoms with van der Waals surface area (Å²) in [6.07, 6.45) is 6.82. The van der Waals surface area contributed by atoms with Crippen molar-refractivity contribution in [3.63, 3.8) is 0 Å². The quantitative estimate of drug-likeness (QED) is 0.839. The number of rotatable bonds is 3. The van der Waals surface area contributed by atoms with Crippen LogP contribution in [0.1, 0.15) is 73.6 Å². The molecular formula is C18H36N2. The molecule has 2 unspecified atom stereocenters. The monoisotopic (exact) mass is 280 g/mol. The predicted octanol–water partition coefficient (Wildman–Crippen LogP) is 4.05. The second-order valence-corrected chi connectivity index (χ2v) is 8.67. The summed E-state index contributed by atoms with van der Waals surface area (Å²) in [5.41, 5.74) is 0.893. The van der Waals surface area contributed by atoms with Crippen molar-refractivity contribution in [1.82, 2.24) is 10.2 Å². The van der Waals surface area contributed by atoms with Crippen LogP contribution in [-0.4, -0.2) is 35.6 Å². The standard InChI is InChI=1S/C18H36N2/c1-7-18(6)13-20(16(12-19-18)14(2)3)15-8-10-17(4,5)11-9-15/h14-16,19H,7-13H2,1-6H3. The van der Waals surface area contributed by atoms with Gasteiger partial charge in [0.25, 0.3) is 0 Å². The highest BCUT2D eigenvalue weighted by Gasteiger charge is 2.40. The van der Waals surface area contributed by atoms with Crippen LogP contribution in [-0.2, 0) is 0 Å². The Labute approximate surface area is 126 Å². The Morgan fingerprint density at radius 1 is 1.15 bits per heavy atom. The first-order chi connectivity index (χ1) is 9.26. The van der Waals surface area contributed by atoms with Crippen LogP contribution in [0.4, 0.5) is 0 Å². The average molecular weight is 280 g/mol. The molecule has 2 rings (SSSR count). The average Bonchev–Trinajstić information content (AvgIpc) is 2.38.